The number of hydrogen-bond donors (Lipinski definition) is 0. The summed E-state index contributed by atoms with van der Waals surface area (Å²) in [6.45, 7) is 8.06. The van der Waals surface area contributed by atoms with Crippen LogP contribution < -0.4 is 4.18 Å². The first kappa shape index (κ1) is 24.9. The van der Waals surface area contributed by atoms with Gasteiger partial charge in [-0.15, -0.1) is 0 Å². The van der Waals surface area contributed by atoms with E-state index in [2.05, 4.69) is 6.92 Å². The lowest BCUT2D eigenvalue weighted by Crippen LogP contribution is -2.36. The van der Waals surface area contributed by atoms with E-state index >= 15 is 0 Å². The molecule has 0 atom stereocenters. The summed E-state index contributed by atoms with van der Waals surface area (Å²) < 4.78 is 28.6. The molecule has 0 aromatic heterocycles. The summed E-state index contributed by atoms with van der Waals surface area (Å²) in [5, 5.41) is 0. The van der Waals surface area contributed by atoms with Crippen LogP contribution in [0.15, 0.2) is 48.5 Å². The van der Waals surface area contributed by atoms with Crippen LogP contribution in [0, 0.1) is 0 Å². The molecule has 0 unspecified atom stereocenters. The summed E-state index contributed by atoms with van der Waals surface area (Å²) >= 11 is 0. The van der Waals surface area contributed by atoms with Crippen molar-refractivity contribution in [2.75, 3.05) is 5.75 Å². The Morgan fingerprint density at radius 1 is 0.968 bits per heavy atom. The van der Waals surface area contributed by atoms with Gasteiger partial charge >= 0.3 is 10.1 Å². The number of nitrogens with zero attached hydrogens (tertiary/aromatic N) is 1. The number of unbranched alkanes of at least 4 members (excludes halogenated alkanes) is 3. The van der Waals surface area contributed by atoms with Gasteiger partial charge in [-0.1, -0.05) is 50.5 Å². The highest BCUT2D eigenvalue weighted by atomic mass is 32.2. The van der Waals surface area contributed by atoms with E-state index in [9.17, 15) is 13.2 Å². The Balaban J connectivity index is 2.09. The normalized spacial score (nSPS) is 11.5. The van der Waals surface area contributed by atoms with Gasteiger partial charge in [0.2, 0.25) is 0 Å². The summed E-state index contributed by atoms with van der Waals surface area (Å²) in [6, 6.07) is 14.8. The van der Waals surface area contributed by atoms with E-state index in [4.69, 9.17) is 4.18 Å². The number of carbonyl (C=O) groups is 1. The third-order valence-corrected chi connectivity index (χ3v) is 6.39. The minimum atomic E-state index is -3.59. The van der Waals surface area contributed by atoms with Crippen molar-refractivity contribution in [3.63, 3.8) is 0 Å². The zero-order valence-electron chi connectivity index (χ0n) is 19.1. The lowest BCUT2D eigenvalue weighted by Gasteiger charge is -2.27. The van der Waals surface area contributed by atoms with Gasteiger partial charge in [0.05, 0.1) is 5.75 Å². The minimum Gasteiger partial charge on any atom is -0.382 e. The fourth-order valence-corrected chi connectivity index (χ4v) is 3.84. The first-order valence-corrected chi connectivity index (χ1v) is 12.7. The van der Waals surface area contributed by atoms with Crippen LogP contribution in [0.25, 0.3) is 0 Å². The smallest absolute Gasteiger partial charge is 0.308 e. The zero-order chi connectivity index (χ0) is 22.9. The maximum absolute atomic E-state index is 13.2. The summed E-state index contributed by atoms with van der Waals surface area (Å²) in [5.74, 6) is 0.130. The second-order valence-electron chi connectivity index (χ2n) is 8.11. The van der Waals surface area contributed by atoms with Gasteiger partial charge in [0.25, 0.3) is 5.91 Å². The van der Waals surface area contributed by atoms with Crippen LogP contribution in [-0.4, -0.2) is 31.0 Å². The van der Waals surface area contributed by atoms with Crippen molar-refractivity contribution in [2.45, 2.75) is 72.4 Å². The highest BCUT2D eigenvalue weighted by molar-refractivity contribution is 7.87. The number of hydrogen-bond acceptors (Lipinski definition) is 4. The van der Waals surface area contributed by atoms with Crippen molar-refractivity contribution < 1.29 is 17.4 Å². The third-order valence-electron chi connectivity index (χ3n) is 5.23. The summed E-state index contributed by atoms with van der Waals surface area (Å²) in [5.41, 5.74) is 2.73. The Labute approximate surface area is 187 Å². The minimum absolute atomic E-state index is 0.00910. The average Bonchev–Trinajstić information content (AvgIpc) is 2.75. The van der Waals surface area contributed by atoms with E-state index in [1.165, 1.54) is 38.2 Å². The number of carbonyl (C=O) groups excluding carboxylic acids is 1. The molecule has 0 bridgehead atoms. The second-order valence-corrected chi connectivity index (χ2v) is 9.97. The van der Waals surface area contributed by atoms with Crippen LogP contribution in [0.2, 0.25) is 0 Å². The van der Waals surface area contributed by atoms with E-state index in [1.54, 1.807) is 23.1 Å². The van der Waals surface area contributed by atoms with Crippen LogP contribution in [0.4, 0.5) is 0 Å². The quantitative estimate of drug-likeness (QED) is 0.316. The number of amides is 1. The predicted octanol–water partition coefficient (Wildman–Crippen LogP) is 5.59. The van der Waals surface area contributed by atoms with E-state index in [0.29, 0.717) is 12.1 Å². The van der Waals surface area contributed by atoms with Crippen LogP contribution in [0.5, 0.6) is 5.75 Å². The Kier molecular flexibility index (Phi) is 9.56. The molecule has 0 aliphatic heterocycles. The van der Waals surface area contributed by atoms with Crippen LogP contribution in [0.3, 0.4) is 0 Å². The topological polar surface area (TPSA) is 63.7 Å². The molecule has 31 heavy (non-hydrogen) atoms. The molecular formula is C25H35NO4S. The van der Waals surface area contributed by atoms with Crippen molar-refractivity contribution in [2.24, 2.45) is 0 Å². The fourth-order valence-electron chi connectivity index (χ4n) is 3.32. The average molecular weight is 446 g/mol. The van der Waals surface area contributed by atoms with Gasteiger partial charge in [-0.05, 0) is 69.0 Å². The van der Waals surface area contributed by atoms with Gasteiger partial charge in [0.15, 0.2) is 0 Å². The lowest BCUT2D eigenvalue weighted by atomic mass is 10.0. The Bertz CT molecular complexity index is 936. The molecule has 0 aliphatic rings. The van der Waals surface area contributed by atoms with E-state index in [1.807, 2.05) is 44.2 Å². The Hall–Kier alpha value is -2.34. The largest absolute Gasteiger partial charge is 0.382 e. The van der Waals surface area contributed by atoms with Crippen LogP contribution in [-0.2, 0) is 23.1 Å². The van der Waals surface area contributed by atoms with Crippen molar-refractivity contribution in [3.05, 3.63) is 65.2 Å². The molecule has 2 aromatic carbocycles. The molecule has 0 heterocycles. The summed E-state index contributed by atoms with van der Waals surface area (Å²) in [6.07, 6.45) is 5.93. The number of rotatable bonds is 12. The monoisotopic (exact) mass is 445 g/mol. The van der Waals surface area contributed by atoms with Gasteiger partial charge in [0, 0.05) is 18.2 Å². The molecule has 0 radical (unpaired) electrons. The molecule has 2 rings (SSSR count). The van der Waals surface area contributed by atoms with E-state index in [0.717, 1.165) is 12.0 Å². The molecule has 2 aromatic rings. The van der Waals surface area contributed by atoms with E-state index < -0.39 is 10.1 Å². The van der Waals surface area contributed by atoms with Gasteiger partial charge in [0.1, 0.15) is 5.75 Å². The fraction of sp³-hybridized carbons (Fsp3) is 0.480. The molecule has 0 N–H and O–H groups in total. The molecule has 0 fully saturated rings. The highest BCUT2D eigenvalue weighted by Gasteiger charge is 2.20. The molecular weight excluding hydrogens is 410 g/mol. The first-order valence-electron chi connectivity index (χ1n) is 11.2. The van der Waals surface area contributed by atoms with Gasteiger partial charge in [-0.25, -0.2) is 0 Å². The molecule has 0 aliphatic carbocycles. The maximum Gasteiger partial charge on any atom is 0.308 e. The van der Waals surface area contributed by atoms with Crippen molar-refractivity contribution >= 4 is 16.0 Å². The lowest BCUT2D eigenvalue weighted by molar-refractivity contribution is 0.0690. The molecule has 5 nitrogen and oxygen atoms in total. The first-order chi connectivity index (χ1) is 14.8. The highest BCUT2D eigenvalue weighted by Crippen LogP contribution is 2.20. The molecule has 0 saturated carbocycles. The predicted molar refractivity (Wildman–Crippen MR) is 126 cm³/mol. The third kappa shape index (κ3) is 8.02. The molecule has 1 amide bonds. The molecule has 0 spiro atoms. The van der Waals surface area contributed by atoms with Crippen molar-refractivity contribution in [1.82, 2.24) is 4.90 Å². The SMILES string of the molecule is CCCCCCc1ccc(C(=O)N(Cc2cccc(OS(=O)(=O)CC)c2)C(C)C)cc1. The van der Waals surface area contributed by atoms with Crippen LogP contribution in [0.1, 0.15) is 74.9 Å². The zero-order valence-corrected chi connectivity index (χ0v) is 20.0. The van der Waals surface area contributed by atoms with Crippen LogP contribution >= 0.6 is 0 Å². The Morgan fingerprint density at radius 3 is 2.29 bits per heavy atom. The number of aryl methyl sites for hydroxylation is 1. The van der Waals surface area contributed by atoms with Gasteiger partial charge < -0.3 is 9.08 Å². The molecule has 6 heteroatoms. The van der Waals surface area contributed by atoms with Crippen molar-refractivity contribution in [3.8, 4) is 5.75 Å². The van der Waals surface area contributed by atoms with Gasteiger partial charge in [-0.2, -0.15) is 8.42 Å². The summed E-state index contributed by atoms with van der Waals surface area (Å²) in [4.78, 5) is 14.9. The van der Waals surface area contributed by atoms with Gasteiger partial charge in [-0.3, -0.25) is 4.79 Å². The molecule has 170 valence electrons. The Morgan fingerprint density at radius 2 is 1.68 bits per heavy atom. The number of benzene rings is 2. The maximum atomic E-state index is 13.2. The molecule has 0 saturated heterocycles. The standard InChI is InChI=1S/C25H35NO4S/c1-5-7-8-9-11-21-14-16-23(17-15-21)25(27)26(20(3)4)19-22-12-10-13-24(18-22)30-31(28,29)6-2/h10,12-18,20H,5-9,11,19H2,1-4H3. The van der Waals surface area contributed by atoms with E-state index in [-0.39, 0.29) is 23.5 Å². The summed E-state index contributed by atoms with van der Waals surface area (Å²) in [7, 11) is -3.59. The second kappa shape index (κ2) is 11.9. The van der Waals surface area contributed by atoms with Crippen molar-refractivity contribution in [1.29, 1.82) is 0 Å².